The van der Waals surface area contributed by atoms with E-state index >= 15 is 0 Å². The highest BCUT2D eigenvalue weighted by molar-refractivity contribution is 5.28. The number of nitro groups is 2. The zero-order chi connectivity index (χ0) is 18.1. The van der Waals surface area contributed by atoms with Crippen molar-refractivity contribution in [2.75, 3.05) is 0 Å². The maximum atomic E-state index is 11.4. The van der Waals surface area contributed by atoms with Gasteiger partial charge in [0.05, 0.1) is 6.42 Å². The minimum Gasteiger partial charge on any atom is -0.358 e. The van der Waals surface area contributed by atoms with Gasteiger partial charge in [0.1, 0.15) is 12.4 Å². The summed E-state index contributed by atoms with van der Waals surface area (Å²) in [6.45, 7) is 4.96. The van der Waals surface area contributed by atoms with E-state index in [9.17, 15) is 20.2 Å². The Hall–Kier alpha value is -2.86. The molecule has 2 aromatic rings. The summed E-state index contributed by atoms with van der Waals surface area (Å²) < 4.78 is 2.50. The van der Waals surface area contributed by atoms with Crippen LogP contribution in [0.5, 0.6) is 0 Å². The highest BCUT2D eigenvalue weighted by Gasteiger charge is 2.50. The number of nitrogens with one attached hydrogen (secondary N) is 1. The van der Waals surface area contributed by atoms with E-state index in [0.29, 0.717) is 6.42 Å². The van der Waals surface area contributed by atoms with E-state index in [1.165, 1.54) is 9.13 Å². The lowest BCUT2D eigenvalue weighted by Gasteiger charge is -2.29. The molecule has 0 bridgehead atoms. The smallest absolute Gasteiger partial charge is 0.347 e. The summed E-state index contributed by atoms with van der Waals surface area (Å²) in [5.41, 5.74) is 2.53. The van der Waals surface area contributed by atoms with Crippen LogP contribution in [0.3, 0.4) is 0 Å². The Morgan fingerprint density at radius 2 is 1.54 bits per heavy atom. The van der Waals surface area contributed by atoms with Crippen molar-refractivity contribution < 1.29 is 9.85 Å². The number of nitrogens with zero attached hydrogens (tertiary/aromatic N) is 6. The lowest BCUT2D eigenvalue weighted by Crippen LogP contribution is -2.57. The first kappa shape index (κ1) is 17.5. The molecule has 0 aliphatic heterocycles. The number of hydrogen-bond acceptors (Lipinski definition) is 8. The van der Waals surface area contributed by atoms with E-state index in [4.69, 9.17) is 5.84 Å². The van der Waals surface area contributed by atoms with E-state index in [1.807, 2.05) is 6.92 Å². The van der Waals surface area contributed by atoms with Gasteiger partial charge in [0.15, 0.2) is 11.6 Å². The number of hydrogen-bond donors (Lipinski definition) is 2. The Kier molecular flexibility index (Phi) is 4.61. The van der Waals surface area contributed by atoms with Crippen LogP contribution in [0.4, 0.5) is 11.6 Å². The molecule has 2 rings (SSSR count). The highest BCUT2D eigenvalue weighted by Crippen LogP contribution is 2.33. The molecule has 24 heavy (non-hydrogen) atoms. The van der Waals surface area contributed by atoms with Crippen LogP contribution >= 0.6 is 0 Å². The second-order valence-electron chi connectivity index (χ2n) is 5.22. The normalized spacial score (nSPS) is 11.7. The highest BCUT2D eigenvalue weighted by atomic mass is 16.6. The summed E-state index contributed by atoms with van der Waals surface area (Å²) in [6.07, 6.45) is 2.96. The third-order valence-electron chi connectivity index (χ3n) is 3.78. The molecule has 0 fully saturated rings. The number of aryl methyl sites for hydroxylation is 2. The van der Waals surface area contributed by atoms with Crippen molar-refractivity contribution in [3.8, 4) is 0 Å². The second-order valence-corrected chi connectivity index (χ2v) is 5.22. The minimum absolute atomic E-state index is 0.236. The molecule has 3 N–H and O–H groups in total. The first-order valence-electron chi connectivity index (χ1n) is 7.16. The number of aromatic nitrogens is 4. The van der Waals surface area contributed by atoms with Crippen LogP contribution in [0.15, 0.2) is 12.4 Å². The Morgan fingerprint density at radius 3 is 1.83 bits per heavy atom. The fraction of sp³-hybridized carbons (Fsp3) is 0.500. The maximum absolute atomic E-state index is 11.4. The van der Waals surface area contributed by atoms with Crippen molar-refractivity contribution in [2.45, 2.75) is 39.4 Å². The van der Waals surface area contributed by atoms with Crippen LogP contribution in [0, 0.1) is 34.1 Å². The molecule has 12 nitrogen and oxygen atoms in total. The van der Waals surface area contributed by atoms with Gasteiger partial charge in [0, 0.05) is 13.8 Å². The van der Waals surface area contributed by atoms with Gasteiger partial charge in [-0.05, 0) is 16.3 Å². The van der Waals surface area contributed by atoms with E-state index < -0.39 is 15.6 Å². The molecular weight excluding hydrogens is 320 g/mol. The summed E-state index contributed by atoms with van der Waals surface area (Å²) in [5, 5.41) is 22.8. The van der Waals surface area contributed by atoms with Gasteiger partial charge in [-0.2, -0.15) is 14.6 Å². The van der Waals surface area contributed by atoms with Gasteiger partial charge in [0.25, 0.3) is 0 Å². The molecule has 0 spiro atoms. The van der Waals surface area contributed by atoms with E-state index in [0.717, 1.165) is 12.4 Å². The van der Waals surface area contributed by atoms with Gasteiger partial charge >= 0.3 is 17.4 Å². The van der Waals surface area contributed by atoms with E-state index in [-0.39, 0.29) is 29.7 Å². The monoisotopic (exact) mass is 338 g/mol. The summed E-state index contributed by atoms with van der Waals surface area (Å²) in [6, 6.07) is 0. The van der Waals surface area contributed by atoms with E-state index in [2.05, 4.69) is 15.4 Å². The van der Waals surface area contributed by atoms with Gasteiger partial charge in [-0.25, -0.2) is 9.97 Å². The molecule has 0 aromatic carbocycles. The summed E-state index contributed by atoms with van der Waals surface area (Å²) in [5.74, 6) is 4.19. The van der Waals surface area contributed by atoms with E-state index in [1.54, 1.807) is 13.8 Å². The number of rotatable bonds is 7. The van der Waals surface area contributed by atoms with Gasteiger partial charge < -0.3 is 20.2 Å². The first-order valence-corrected chi connectivity index (χ1v) is 7.16. The van der Waals surface area contributed by atoms with Crippen LogP contribution in [0.25, 0.3) is 0 Å². The fourth-order valence-corrected chi connectivity index (χ4v) is 2.91. The molecule has 0 atom stereocenters. The molecule has 0 saturated heterocycles. The van der Waals surface area contributed by atoms with Crippen LogP contribution in [-0.2, 0) is 5.79 Å². The van der Waals surface area contributed by atoms with Crippen molar-refractivity contribution in [1.82, 2.24) is 24.5 Å². The molecule has 12 heteroatoms. The van der Waals surface area contributed by atoms with Crippen LogP contribution in [0.2, 0.25) is 0 Å². The SMILES string of the molecule is CCCC(NN)(n1c([N+](=O)[O-])cnc1C)n1c([N+](=O)[O-])cnc1C. The zero-order valence-electron chi connectivity index (χ0n) is 13.5. The largest absolute Gasteiger partial charge is 0.358 e. The third-order valence-corrected chi connectivity index (χ3v) is 3.78. The van der Waals surface area contributed by atoms with Crippen LogP contribution < -0.4 is 11.3 Å². The average Bonchev–Trinajstić information content (AvgIpc) is 3.09. The lowest BCUT2D eigenvalue weighted by atomic mass is 10.1. The maximum Gasteiger partial charge on any atom is 0.347 e. The fourth-order valence-electron chi connectivity index (χ4n) is 2.91. The van der Waals surface area contributed by atoms with Gasteiger partial charge in [-0.15, -0.1) is 0 Å². The van der Waals surface area contributed by atoms with Crippen molar-refractivity contribution >= 4 is 11.6 Å². The second kappa shape index (κ2) is 6.33. The number of hydrazine groups is 1. The Morgan fingerprint density at radius 1 is 1.12 bits per heavy atom. The van der Waals surface area contributed by atoms with Gasteiger partial charge in [-0.3, -0.25) is 5.84 Å². The molecule has 0 aliphatic carbocycles. The number of imidazole rings is 2. The average molecular weight is 338 g/mol. The minimum atomic E-state index is -1.49. The standard InChI is InChI=1S/C12H18N8O4/c1-4-5-12(16-13,17-8(2)14-6-10(17)19(21)22)18-9(3)15-7-11(18)20(23)24/h6-7,16H,4-5,13H2,1-3H3. The summed E-state index contributed by atoms with van der Waals surface area (Å²) in [7, 11) is 0. The molecule has 0 aliphatic rings. The van der Waals surface area contributed by atoms with Crippen LogP contribution in [0.1, 0.15) is 31.4 Å². The van der Waals surface area contributed by atoms with Crippen molar-refractivity contribution in [3.05, 3.63) is 44.3 Å². The lowest BCUT2D eigenvalue weighted by molar-refractivity contribution is -0.398. The third kappa shape index (κ3) is 2.51. The van der Waals surface area contributed by atoms with Crippen molar-refractivity contribution in [2.24, 2.45) is 5.84 Å². The Balaban J connectivity index is 2.88. The van der Waals surface area contributed by atoms with Gasteiger partial charge in [-0.1, -0.05) is 6.92 Å². The quantitative estimate of drug-likeness (QED) is 0.428. The number of nitrogens with two attached hydrogens (primary N) is 1. The Labute approximate surface area is 136 Å². The van der Waals surface area contributed by atoms with Crippen molar-refractivity contribution in [1.29, 1.82) is 0 Å². The molecule has 130 valence electrons. The predicted molar refractivity (Wildman–Crippen MR) is 82.8 cm³/mol. The predicted octanol–water partition coefficient (Wildman–Crippen LogP) is 0.935. The summed E-state index contributed by atoms with van der Waals surface area (Å²) >= 11 is 0. The van der Waals surface area contributed by atoms with Gasteiger partial charge in [0.2, 0.25) is 0 Å². The van der Waals surface area contributed by atoms with Crippen LogP contribution in [-0.4, -0.2) is 28.9 Å². The van der Waals surface area contributed by atoms with Crippen molar-refractivity contribution in [3.63, 3.8) is 0 Å². The molecular formula is C12H18N8O4. The summed E-state index contributed by atoms with van der Waals surface area (Å²) in [4.78, 5) is 29.5. The topological polar surface area (TPSA) is 160 Å². The first-order chi connectivity index (χ1) is 11.3. The molecule has 2 heterocycles. The molecule has 0 radical (unpaired) electrons. The molecule has 0 amide bonds. The molecule has 2 aromatic heterocycles. The molecule has 0 saturated carbocycles. The zero-order valence-corrected chi connectivity index (χ0v) is 13.5. The Bertz CT molecular complexity index is 722. The molecule has 0 unspecified atom stereocenters.